The number of hydrogen-bond donors (Lipinski definition) is 1. The van der Waals surface area contributed by atoms with Crippen LogP contribution >= 0.6 is 11.3 Å². The van der Waals surface area contributed by atoms with Crippen LogP contribution in [0.25, 0.3) is 0 Å². The first-order chi connectivity index (χ1) is 11.7. The van der Waals surface area contributed by atoms with E-state index >= 15 is 0 Å². The van der Waals surface area contributed by atoms with E-state index in [1.54, 1.807) is 7.05 Å². The van der Waals surface area contributed by atoms with Crippen molar-refractivity contribution in [3.8, 4) is 5.75 Å². The Kier molecular flexibility index (Phi) is 5.15. The second-order valence-corrected chi connectivity index (χ2v) is 6.74. The molecule has 2 amide bonds. The van der Waals surface area contributed by atoms with Crippen LogP contribution in [-0.2, 0) is 4.79 Å². The molecule has 2 heterocycles. The Balaban J connectivity index is 1.65. The molecule has 0 aliphatic carbocycles. The Morgan fingerprint density at radius 1 is 1.25 bits per heavy atom. The number of hydrogen-bond acceptors (Lipinski definition) is 4. The molecule has 6 heteroatoms. The van der Waals surface area contributed by atoms with Crippen LogP contribution in [0.3, 0.4) is 0 Å². The zero-order chi connectivity index (χ0) is 16.9. The van der Waals surface area contributed by atoms with Gasteiger partial charge in [-0.3, -0.25) is 9.59 Å². The predicted octanol–water partition coefficient (Wildman–Crippen LogP) is 2.85. The van der Waals surface area contributed by atoms with Gasteiger partial charge in [0, 0.05) is 18.5 Å². The van der Waals surface area contributed by atoms with Crippen LogP contribution in [0.1, 0.15) is 33.4 Å². The molecule has 1 saturated heterocycles. The minimum Gasteiger partial charge on any atom is -0.484 e. The number of thiophene rings is 1. The molecule has 1 fully saturated rings. The van der Waals surface area contributed by atoms with Crippen molar-refractivity contribution in [1.29, 1.82) is 0 Å². The van der Waals surface area contributed by atoms with Crippen molar-refractivity contribution < 1.29 is 14.3 Å². The first-order valence-electron chi connectivity index (χ1n) is 7.98. The summed E-state index contributed by atoms with van der Waals surface area (Å²) >= 11 is 1.45. The Labute approximate surface area is 145 Å². The summed E-state index contributed by atoms with van der Waals surface area (Å²) in [6.07, 6.45) is 1.89. The molecule has 0 spiro atoms. The van der Waals surface area contributed by atoms with E-state index < -0.39 is 0 Å². The van der Waals surface area contributed by atoms with E-state index in [0.29, 0.717) is 10.6 Å². The number of benzene rings is 1. The maximum atomic E-state index is 12.5. The van der Waals surface area contributed by atoms with E-state index in [1.165, 1.54) is 11.3 Å². The van der Waals surface area contributed by atoms with Crippen LogP contribution < -0.4 is 10.1 Å². The number of rotatable bonds is 5. The van der Waals surface area contributed by atoms with E-state index in [0.717, 1.165) is 24.3 Å². The highest BCUT2D eigenvalue weighted by atomic mass is 32.1. The second-order valence-electron chi connectivity index (χ2n) is 5.63. The van der Waals surface area contributed by atoms with Crippen LogP contribution in [0.5, 0.6) is 5.75 Å². The lowest BCUT2D eigenvalue weighted by molar-refractivity contribution is -0.134. The first-order valence-corrected chi connectivity index (χ1v) is 8.80. The number of nitrogens with one attached hydrogen (secondary N) is 1. The highest BCUT2D eigenvalue weighted by molar-refractivity contribution is 7.14. The summed E-state index contributed by atoms with van der Waals surface area (Å²) in [5.41, 5.74) is 0. The summed E-state index contributed by atoms with van der Waals surface area (Å²) in [7, 11) is 1.62. The van der Waals surface area contributed by atoms with Crippen molar-refractivity contribution >= 4 is 23.2 Å². The standard InChI is InChI=1S/C18H20N2O3S/c1-19-18(22)16-10-9-15(24-16)14-8-5-11-20(14)17(21)12-23-13-6-3-2-4-7-13/h2-4,6-7,9-10,14H,5,8,11-12H2,1H3,(H,19,22). The van der Waals surface area contributed by atoms with Gasteiger partial charge in [0.15, 0.2) is 6.61 Å². The number of ether oxygens (including phenoxy) is 1. The van der Waals surface area contributed by atoms with Gasteiger partial charge in [0.2, 0.25) is 0 Å². The van der Waals surface area contributed by atoms with Crippen molar-refractivity contribution in [3.63, 3.8) is 0 Å². The second kappa shape index (κ2) is 7.49. The molecule has 1 aromatic heterocycles. The van der Waals surface area contributed by atoms with Gasteiger partial charge in [-0.15, -0.1) is 11.3 Å². The lowest BCUT2D eigenvalue weighted by atomic mass is 10.2. The summed E-state index contributed by atoms with van der Waals surface area (Å²) in [4.78, 5) is 27.8. The average molecular weight is 344 g/mol. The third kappa shape index (κ3) is 3.59. The number of carbonyl (C=O) groups excluding carboxylic acids is 2. The van der Waals surface area contributed by atoms with E-state index in [-0.39, 0.29) is 24.5 Å². The van der Waals surface area contributed by atoms with Gasteiger partial charge >= 0.3 is 0 Å². The summed E-state index contributed by atoms with van der Waals surface area (Å²) in [6.45, 7) is 0.767. The zero-order valence-electron chi connectivity index (χ0n) is 13.5. The van der Waals surface area contributed by atoms with Crippen molar-refractivity contribution in [3.05, 3.63) is 52.2 Å². The molecule has 0 radical (unpaired) electrons. The van der Waals surface area contributed by atoms with Crippen LogP contribution in [-0.4, -0.2) is 36.9 Å². The van der Waals surface area contributed by atoms with Crippen LogP contribution in [0.2, 0.25) is 0 Å². The highest BCUT2D eigenvalue weighted by Crippen LogP contribution is 2.36. The smallest absolute Gasteiger partial charge is 0.261 e. The molecule has 24 heavy (non-hydrogen) atoms. The van der Waals surface area contributed by atoms with E-state index in [2.05, 4.69) is 5.32 Å². The topological polar surface area (TPSA) is 58.6 Å². The molecule has 0 bridgehead atoms. The normalized spacial score (nSPS) is 16.9. The van der Waals surface area contributed by atoms with Gasteiger partial charge in [-0.2, -0.15) is 0 Å². The predicted molar refractivity (Wildman–Crippen MR) is 93.3 cm³/mol. The van der Waals surface area contributed by atoms with E-state index in [9.17, 15) is 9.59 Å². The van der Waals surface area contributed by atoms with Crippen LogP contribution in [0.15, 0.2) is 42.5 Å². The zero-order valence-corrected chi connectivity index (χ0v) is 14.3. The van der Waals surface area contributed by atoms with Crippen molar-refractivity contribution in [1.82, 2.24) is 10.2 Å². The van der Waals surface area contributed by atoms with Gasteiger partial charge in [-0.05, 0) is 37.1 Å². The van der Waals surface area contributed by atoms with Gasteiger partial charge < -0.3 is 15.0 Å². The van der Waals surface area contributed by atoms with Gasteiger partial charge in [-0.1, -0.05) is 18.2 Å². The van der Waals surface area contributed by atoms with Crippen molar-refractivity contribution in [2.24, 2.45) is 0 Å². The van der Waals surface area contributed by atoms with Gasteiger partial charge in [0.25, 0.3) is 11.8 Å². The van der Waals surface area contributed by atoms with E-state index in [1.807, 2.05) is 47.4 Å². The molecule has 126 valence electrons. The Morgan fingerprint density at radius 2 is 2.04 bits per heavy atom. The number of para-hydroxylation sites is 1. The fraction of sp³-hybridized carbons (Fsp3) is 0.333. The Bertz CT molecular complexity index is 714. The molecule has 1 N–H and O–H groups in total. The minimum absolute atomic E-state index is 0.0174. The third-order valence-electron chi connectivity index (χ3n) is 4.08. The lowest BCUT2D eigenvalue weighted by Crippen LogP contribution is -2.34. The molecule has 3 rings (SSSR count). The molecule has 0 saturated carbocycles. The third-order valence-corrected chi connectivity index (χ3v) is 5.27. The molecule has 1 atom stereocenters. The molecule has 2 aromatic rings. The number of nitrogens with zero attached hydrogens (tertiary/aromatic N) is 1. The molecule has 1 aliphatic heterocycles. The minimum atomic E-state index is -0.0884. The molecule has 1 aliphatic rings. The van der Waals surface area contributed by atoms with Gasteiger partial charge in [-0.25, -0.2) is 0 Å². The molecular weight excluding hydrogens is 324 g/mol. The van der Waals surface area contributed by atoms with Gasteiger partial charge in [0.1, 0.15) is 5.75 Å². The Hall–Kier alpha value is -2.34. The van der Waals surface area contributed by atoms with Gasteiger partial charge in [0.05, 0.1) is 10.9 Å². The average Bonchev–Trinajstić information content (AvgIpc) is 3.28. The molecule has 1 unspecified atom stereocenters. The fourth-order valence-corrected chi connectivity index (χ4v) is 3.98. The quantitative estimate of drug-likeness (QED) is 0.907. The molecule has 1 aromatic carbocycles. The maximum absolute atomic E-state index is 12.5. The SMILES string of the molecule is CNC(=O)c1ccc(C2CCCN2C(=O)COc2ccccc2)s1. The fourth-order valence-electron chi connectivity index (χ4n) is 2.88. The molecule has 5 nitrogen and oxygen atoms in total. The first kappa shape index (κ1) is 16.5. The summed E-state index contributed by atoms with van der Waals surface area (Å²) in [5.74, 6) is 0.588. The molecular formula is C18H20N2O3S. The summed E-state index contributed by atoms with van der Waals surface area (Å²) < 4.78 is 5.57. The number of amides is 2. The monoisotopic (exact) mass is 344 g/mol. The number of likely N-dealkylation sites (tertiary alicyclic amines) is 1. The summed E-state index contributed by atoms with van der Waals surface area (Å²) in [5, 5.41) is 2.63. The van der Waals surface area contributed by atoms with Crippen molar-refractivity contribution in [2.45, 2.75) is 18.9 Å². The van der Waals surface area contributed by atoms with E-state index in [4.69, 9.17) is 4.74 Å². The highest BCUT2D eigenvalue weighted by Gasteiger charge is 2.31. The maximum Gasteiger partial charge on any atom is 0.261 e. The largest absolute Gasteiger partial charge is 0.484 e. The Morgan fingerprint density at radius 3 is 2.79 bits per heavy atom. The van der Waals surface area contributed by atoms with Crippen molar-refractivity contribution in [2.75, 3.05) is 20.2 Å². The summed E-state index contributed by atoms with van der Waals surface area (Å²) in [6, 6.07) is 13.2. The van der Waals surface area contributed by atoms with Crippen LogP contribution in [0, 0.1) is 0 Å². The lowest BCUT2D eigenvalue weighted by Gasteiger charge is -2.24. The van der Waals surface area contributed by atoms with Crippen LogP contribution in [0.4, 0.5) is 0 Å². The number of carbonyl (C=O) groups is 2.